The second-order valence-corrected chi connectivity index (χ2v) is 3.90. The first-order valence-electron chi connectivity index (χ1n) is 5.45. The Morgan fingerprint density at radius 3 is 2.21 bits per heavy atom. The van der Waals surface area contributed by atoms with Crippen LogP contribution in [-0.2, 0) is 0 Å². The molecule has 0 aliphatic carbocycles. The van der Waals surface area contributed by atoms with Crippen LogP contribution in [0, 0.1) is 23.3 Å². The monoisotopic (exact) mass is 270 g/mol. The van der Waals surface area contributed by atoms with Crippen LogP contribution in [0.2, 0.25) is 0 Å². The fraction of sp³-hybridized carbons (Fsp3) is 0.154. The average Bonchev–Trinajstić information content (AvgIpc) is 2.34. The van der Waals surface area contributed by atoms with Gasteiger partial charge in [-0.05, 0) is 13.1 Å². The standard InChI is InChI=1S/C13H10F4N2/c1-18-13(8-2-3-19-6-11(8)17)12-9(15)4-7(14)5-10(12)16/h2-6,13,18H,1H3. The van der Waals surface area contributed by atoms with Gasteiger partial charge in [0.15, 0.2) is 0 Å². The summed E-state index contributed by atoms with van der Waals surface area (Å²) in [5.41, 5.74) is -0.407. The molecule has 0 aliphatic heterocycles. The molecule has 0 radical (unpaired) electrons. The molecule has 1 unspecified atom stereocenters. The van der Waals surface area contributed by atoms with Gasteiger partial charge in [0.1, 0.15) is 23.3 Å². The van der Waals surface area contributed by atoms with Crippen molar-refractivity contribution in [3.05, 3.63) is 65.0 Å². The van der Waals surface area contributed by atoms with Crippen molar-refractivity contribution in [2.75, 3.05) is 7.05 Å². The van der Waals surface area contributed by atoms with Gasteiger partial charge in [0.05, 0.1) is 12.2 Å². The number of pyridine rings is 1. The quantitative estimate of drug-likeness (QED) is 0.867. The first-order chi connectivity index (χ1) is 9.04. The highest BCUT2D eigenvalue weighted by atomic mass is 19.1. The first kappa shape index (κ1) is 13.5. The molecule has 1 aromatic heterocycles. The lowest BCUT2D eigenvalue weighted by molar-refractivity contribution is 0.490. The van der Waals surface area contributed by atoms with Crippen LogP contribution in [0.1, 0.15) is 17.2 Å². The number of aromatic nitrogens is 1. The minimum atomic E-state index is -1.08. The van der Waals surface area contributed by atoms with Crippen molar-refractivity contribution in [2.45, 2.75) is 6.04 Å². The molecule has 2 aromatic rings. The second-order valence-electron chi connectivity index (χ2n) is 3.90. The Hall–Kier alpha value is -1.95. The maximum Gasteiger partial charge on any atom is 0.146 e. The highest BCUT2D eigenvalue weighted by Crippen LogP contribution is 2.28. The van der Waals surface area contributed by atoms with E-state index in [0.717, 1.165) is 6.20 Å². The predicted octanol–water partition coefficient (Wildman–Crippen LogP) is 2.95. The van der Waals surface area contributed by atoms with Crippen molar-refractivity contribution < 1.29 is 17.6 Å². The Morgan fingerprint density at radius 1 is 1.05 bits per heavy atom. The van der Waals surface area contributed by atoms with Crippen molar-refractivity contribution in [1.29, 1.82) is 0 Å². The molecule has 0 bridgehead atoms. The first-order valence-corrected chi connectivity index (χ1v) is 5.45. The van der Waals surface area contributed by atoms with Gasteiger partial charge in [-0.15, -0.1) is 0 Å². The van der Waals surface area contributed by atoms with Crippen molar-refractivity contribution in [1.82, 2.24) is 10.3 Å². The van der Waals surface area contributed by atoms with Crippen molar-refractivity contribution in [2.24, 2.45) is 0 Å². The average molecular weight is 270 g/mol. The van der Waals surface area contributed by atoms with Gasteiger partial charge in [-0.1, -0.05) is 0 Å². The van der Waals surface area contributed by atoms with Gasteiger partial charge >= 0.3 is 0 Å². The zero-order valence-electron chi connectivity index (χ0n) is 9.92. The minimum Gasteiger partial charge on any atom is -0.309 e. The Kier molecular flexibility index (Phi) is 3.80. The molecule has 1 heterocycles. The Balaban J connectivity index is 2.58. The lowest BCUT2D eigenvalue weighted by atomic mass is 9.98. The molecule has 0 spiro atoms. The number of nitrogens with zero attached hydrogens (tertiary/aromatic N) is 1. The van der Waals surface area contributed by atoms with Crippen LogP contribution >= 0.6 is 0 Å². The summed E-state index contributed by atoms with van der Waals surface area (Å²) in [6.45, 7) is 0. The van der Waals surface area contributed by atoms with E-state index < -0.39 is 34.9 Å². The third-order valence-electron chi connectivity index (χ3n) is 2.74. The Labute approximate surface area is 107 Å². The van der Waals surface area contributed by atoms with E-state index in [-0.39, 0.29) is 5.56 Å². The lowest BCUT2D eigenvalue weighted by Crippen LogP contribution is -2.22. The number of hydrogen-bond donors (Lipinski definition) is 1. The molecule has 100 valence electrons. The summed E-state index contributed by atoms with van der Waals surface area (Å²) in [7, 11) is 1.42. The number of halogens is 4. The van der Waals surface area contributed by atoms with Gasteiger partial charge in [0.2, 0.25) is 0 Å². The topological polar surface area (TPSA) is 24.9 Å². The lowest BCUT2D eigenvalue weighted by Gasteiger charge is -2.19. The summed E-state index contributed by atoms with van der Waals surface area (Å²) in [6, 6.07) is 1.35. The molecule has 6 heteroatoms. The number of rotatable bonds is 3. The molecule has 0 fully saturated rings. The third kappa shape index (κ3) is 2.58. The SMILES string of the molecule is CNC(c1ccncc1F)c1c(F)cc(F)cc1F. The zero-order valence-corrected chi connectivity index (χ0v) is 9.92. The van der Waals surface area contributed by atoms with E-state index in [1.165, 1.54) is 19.3 Å². The molecule has 0 aliphatic rings. The molecule has 1 atom stereocenters. The Bertz CT molecular complexity index is 578. The van der Waals surface area contributed by atoms with E-state index in [1.807, 2.05) is 0 Å². The van der Waals surface area contributed by atoms with Crippen LogP contribution in [0.3, 0.4) is 0 Å². The summed E-state index contributed by atoms with van der Waals surface area (Å²) in [4.78, 5) is 3.56. The normalized spacial score (nSPS) is 12.5. The fourth-order valence-corrected chi connectivity index (χ4v) is 1.90. The predicted molar refractivity (Wildman–Crippen MR) is 61.4 cm³/mol. The molecule has 0 amide bonds. The number of nitrogens with one attached hydrogen (secondary N) is 1. The highest BCUT2D eigenvalue weighted by Gasteiger charge is 2.24. The van der Waals surface area contributed by atoms with E-state index in [2.05, 4.69) is 10.3 Å². The van der Waals surface area contributed by atoms with E-state index in [1.54, 1.807) is 0 Å². The summed E-state index contributed by atoms with van der Waals surface area (Å²) in [6.07, 6.45) is 2.25. The molecule has 19 heavy (non-hydrogen) atoms. The van der Waals surface area contributed by atoms with Crippen LogP contribution in [0.5, 0.6) is 0 Å². The number of benzene rings is 1. The van der Waals surface area contributed by atoms with Crippen molar-refractivity contribution >= 4 is 0 Å². The summed E-state index contributed by atoms with van der Waals surface area (Å²) in [5, 5.41) is 2.61. The molecule has 1 N–H and O–H groups in total. The fourth-order valence-electron chi connectivity index (χ4n) is 1.90. The molecular weight excluding hydrogens is 260 g/mol. The molecule has 2 rings (SSSR count). The Morgan fingerprint density at radius 2 is 1.68 bits per heavy atom. The largest absolute Gasteiger partial charge is 0.309 e. The van der Waals surface area contributed by atoms with Crippen molar-refractivity contribution in [3.63, 3.8) is 0 Å². The highest BCUT2D eigenvalue weighted by molar-refractivity contribution is 5.33. The molecule has 0 saturated carbocycles. The van der Waals surface area contributed by atoms with Crippen LogP contribution in [0.15, 0.2) is 30.6 Å². The second kappa shape index (κ2) is 5.36. The van der Waals surface area contributed by atoms with E-state index in [9.17, 15) is 17.6 Å². The van der Waals surface area contributed by atoms with E-state index in [4.69, 9.17) is 0 Å². The third-order valence-corrected chi connectivity index (χ3v) is 2.74. The number of hydrogen-bond acceptors (Lipinski definition) is 2. The van der Waals surface area contributed by atoms with Crippen LogP contribution in [0.25, 0.3) is 0 Å². The summed E-state index contributed by atoms with van der Waals surface area (Å²) in [5.74, 6) is -3.88. The summed E-state index contributed by atoms with van der Waals surface area (Å²) >= 11 is 0. The molecular formula is C13H10F4N2. The van der Waals surface area contributed by atoms with Gasteiger partial charge in [-0.3, -0.25) is 4.98 Å². The van der Waals surface area contributed by atoms with Crippen LogP contribution < -0.4 is 5.32 Å². The zero-order chi connectivity index (χ0) is 14.0. The maximum absolute atomic E-state index is 13.7. The smallest absolute Gasteiger partial charge is 0.146 e. The molecule has 0 saturated heterocycles. The van der Waals surface area contributed by atoms with Crippen LogP contribution in [0.4, 0.5) is 17.6 Å². The van der Waals surface area contributed by atoms with Gasteiger partial charge in [0, 0.05) is 29.5 Å². The van der Waals surface area contributed by atoms with Gasteiger partial charge in [-0.2, -0.15) is 0 Å². The van der Waals surface area contributed by atoms with Crippen molar-refractivity contribution in [3.8, 4) is 0 Å². The van der Waals surface area contributed by atoms with E-state index in [0.29, 0.717) is 12.1 Å². The molecule has 2 nitrogen and oxygen atoms in total. The summed E-state index contributed by atoms with van der Waals surface area (Å²) < 4.78 is 53.9. The van der Waals surface area contributed by atoms with Gasteiger partial charge < -0.3 is 5.32 Å². The van der Waals surface area contributed by atoms with Gasteiger partial charge in [0.25, 0.3) is 0 Å². The maximum atomic E-state index is 13.7. The van der Waals surface area contributed by atoms with Gasteiger partial charge in [-0.25, -0.2) is 17.6 Å². The van der Waals surface area contributed by atoms with E-state index >= 15 is 0 Å². The minimum absolute atomic E-state index is 0.0295. The van der Waals surface area contributed by atoms with Crippen LogP contribution in [-0.4, -0.2) is 12.0 Å². The molecule has 1 aromatic carbocycles.